The van der Waals surface area contributed by atoms with Crippen LogP contribution in [0.1, 0.15) is 11.6 Å². The van der Waals surface area contributed by atoms with E-state index >= 15 is 0 Å². The fraction of sp³-hybridized carbons (Fsp3) is 0.750. The van der Waals surface area contributed by atoms with Gasteiger partial charge in [-0.3, -0.25) is 4.90 Å². The fourth-order valence-corrected chi connectivity index (χ4v) is 1.54. The van der Waals surface area contributed by atoms with Crippen molar-refractivity contribution < 1.29 is 0 Å². The molecule has 2 rings (SSSR count). The summed E-state index contributed by atoms with van der Waals surface area (Å²) in [4.78, 5) is 6.67. The number of likely N-dealkylation sites (N-methyl/N-ethyl adjacent to an activating group) is 1. The normalized spacial score (nSPS) is 17.4. The van der Waals surface area contributed by atoms with Crippen molar-refractivity contribution in [1.82, 2.24) is 19.7 Å². The molecule has 1 aliphatic heterocycles. The molecule has 1 aliphatic rings. The Morgan fingerprint density at radius 3 is 3.08 bits per heavy atom. The molecule has 0 radical (unpaired) electrons. The Balaban J connectivity index is 2.18. The topological polar surface area (TPSA) is 60.0 Å². The maximum atomic E-state index is 5.45. The summed E-state index contributed by atoms with van der Waals surface area (Å²) in [5, 5.41) is 4.37. The van der Waals surface area contributed by atoms with Crippen molar-refractivity contribution in [3.8, 4) is 0 Å². The van der Waals surface area contributed by atoms with Gasteiger partial charge in [-0.25, -0.2) is 9.67 Å². The minimum Gasteiger partial charge on any atom is -0.330 e. The van der Waals surface area contributed by atoms with Gasteiger partial charge in [-0.05, 0) is 13.6 Å². The Morgan fingerprint density at radius 2 is 2.31 bits per heavy atom. The Hall–Kier alpha value is -0.940. The zero-order valence-corrected chi connectivity index (χ0v) is 7.90. The minimum atomic E-state index is 0.624. The maximum Gasteiger partial charge on any atom is 0.152 e. The van der Waals surface area contributed by atoms with Gasteiger partial charge in [0.05, 0.1) is 13.1 Å². The van der Waals surface area contributed by atoms with Crippen molar-refractivity contribution in [1.29, 1.82) is 0 Å². The zero-order valence-electron chi connectivity index (χ0n) is 7.90. The van der Waals surface area contributed by atoms with E-state index in [1.807, 2.05) is 4.68 Å². The number of rotatable bonds is 2. The van der Waals surface area contributed by atoms with E-state index in [1.54, 1.807) is 0 Å². The number of hydrogen-bond donors (Lipinski definition) is 1. The molecule has 1 aromatic heterocycles. The van der Waals surface area contributed by atoms with Crippen LogP contribution in [-0.4, -0.2) is 39.8 Å². The van der Waals surface area contributed by atoms with E-state index in [1.165, 1.54) is 0 Å². The van der Waals surface area contributed by atoms with E-state index in [9.17, 15) is 0 Å². The molecule has 1 aromatic rings. The van der Waals surface area contributed by atoms with Gasteiger partial charge in [0, 0.05) is 13.0 Å². The summed E-state index contributed by atoms with van der Waals surface area (Å²) in [6.45, 7) is 3.53. The first-order chi connectivity index (χ1) is 6.29. The average Bonchev–Trinajstić information content (AvgIpc) is 2.46. The van der Waals surface area contributed by atoms with Crippen molar-refractivity contribution in [2.45, 2.75) is 19.5 Å². The lowest BCUT2D eigenvalue weighted by molar-refractivity contribution is 0.254. The molecule has 2 heterocycles. The molecule has 5 heteroatoms. The molecular weight excluding hydrogens is 166 g/mol. The predicted molar refractivity (Wildman–Crippen MR) is 49.1 cm³/mol. The van der Waals surface area contributed by atoms with Crippen molar-refractivity contribution in [3.05, 3.63) is 11.6 Å². The number of aromatic nitrogens is 3. The molecule has 5 nitrogen and oxygen atoms in total. The van der Waals surface area contributed by atoms with Crippen LogP contribution in [0.4, 0.5) is 0 Å². The number of hydrogen-bond acceptors (Lipinski definition) is 4. The third kappa shape index (κ3) is 1.71. The highest BCUT2D eigenvalue weighted by Crippen LogP contribution is 2.07. The molecular formula is C8H15N5. The lowest BCUT2D eigenvalue weighted by atomic mass is 10.4. The van der Waals surface area contributed by atoms with Crippen LogP contribution in [0, 0.1) is 0 Å². The molecule has 0 spiro atoms. The smallest absolute Gasteiger partial charge is 0.152 e. The standard InChI is InChI=1S/C8H15N5/c1-12-4-5-13-8(6-12)10-7(11-13)2-3-9/h2-6,9H2,1H3. The summed E-state index contributed by atoms with van der Waals surface area (Å²) in [6, 6.07) is 0. The van der Waals surface area contributed by atoms with Crippen LogP contribution >= 0.6 is 0 Å². The minimum absolute atomic E-state index is 0.624. The molecule has 0 saturated carbocycles. The highest BCUT2D eigenvalue weighted by molar-refractivity contribution is 4.95. The second kappa shape index (κ2) is 3.43. The Kier molecular flexibility index (Phi) is 2.28. The van der Waals surface area contributed by atoms with E-state index in [4.69, 9.17) is 5.73 Å². The highest BCUT2D eigenvalue weighted by atomic mass is 15.4. The molecule has 0 aliphatic carbocycles. The highest BCUT2D eigenvalue weighted by Gasteiger charge is 2.16. The number of fused-ring (bicyclic) bond motifs is 1. The van der Waals surface area contributed by atoms with Crippen molar-refractivity contribution in [2.75, 3.05) is 20.1 Å². The molecule has 0 fully saturated rings. The number of nitrogens with two attached hydrogens (primary N) is 1. The van der Waals surface area contributed by atoms with Crippen LogP contribution in [0.2, 0.25) is 0 Å². The third-order valence-electron chi connectivity index (χ3n) is 2.27. The fourth-order valence-electron chi connectivity index (χ4n) is 1.54. The Bertz CT molecular complexity index is 293. The van der Waals surface area contributed by atoms with E-state index in [0.29, 0.717) is 6.54 Å². The van der Waals surface area contributed by atoms with Crippen LogP contribution < -0.4 is 5.73 Å². The Morgan fingerprint density at radius 1 is 1.46 bits per heavy atom. The largest absolute Gasteiger partial charge is 0.330 e. The van der Waals surface area contributed by atoms with E-state index in [-0.39, 0.29) is 0 Å². The first-order valence-corrected chi connectivity index (χ1v) is 4.61. The SMILES string of the molecule is CN1CCn2nc(CCN)nc2C1. The molecule has 0 unspecified atom stereocenters. The molecule has 0 amide bonds. The molecule has 2 N–H and O–H groups in total. The Labute approximate surface area is 77.5 Å². The summed E-state index contributed by atoms with van der Waals surface area (Å²) in [6.07, 6.45) is 0.781. The van der Waals surface area contributed by atoms with Crippen LogP contribution in [0.15, 0.2) is 0 Å². The summed E-state index contributed by atoms with van der Waals surface area (Å²) < 4.78 is 1.99. The lowest BCUT2D eigenvalue weighted by Gasteiger charge is -2.21. The van der Waals surface area contributed by atoms with Gasteiger partial charge in [-0.1, -0.05) is 0 Å². The van der Waals surface area contributed by atoms with Gasteiger partial charge < -0.3 is 5.73 Å². The summed E-state index contributed by atoms with van der Waals surface area (Å²) >= 11 is 0. The van der Waals surface area contributed by atoms with Gasteiger partial charge in [-0.15, -0.1) is 0 Å². The van der Waals surface area contributed by atoms with Crippen LogP contribution in [0.25, 0.3) is 0 Å². The summed E-state index contributed by atoms with van der Waals surface area (Å²) in [7, 11) is 2.10. The summed E-state index contributed by atoms with van der Waals surface area (Å²) in [5.41, 5.74) is 5.45. The molecule has 13 heavy (non-hydrogen) atoms. The average molecular weight is 181 g/mol. The molecule has 0 aromatic carbocycles. The van der Waals surface area contributed by atoms with E-state index in [2.05, 4.69) is 22.0 Å². The van der Waals surface area contributed by atoms with E-state index in [0.717, 1.165) is 37.7 Å². The van der Waals surface area contributed by atoms with Gasteiger partial charge in [0.25, 0.3) is 0 Å². The van der Waals surface area contributed by atoms with Crippen LogP contribution in [0.5, 0.6) is 0 Å². The number of nitrogens with zero attached hydrogens (tertiary/aromatic N) is 4. The maximum absolute atomic E-state index is 5.45. The van der Waals surface area contributed by atoms with Gasteiger partial charge in [-0.2, -0.15) is 5.10 Å². The van der Waals surface area contributed by atoms with Gasteiger partial charge >= 0.3 is 0 Å². The van der Waals surface area contributed by atoms with Gasteiger partial charge in [0.15, 0.2) is 5.82 Å². The quantitative estimate of drug-likeness (QED) is 0.650. The van der Waals surface area contributed by atoms with E-state index < -0.39 is 0 Å². The van der Waals surface area contributed by atoms with Crippen LogP contribution in [0.3, 0.4) is 0 Å². The molecule has 72 valence electrons. The lowest BCUT2D eigenvalue weighted by Crippen LogP contribution is -2.30. The second-order valence-electron chi connectivity index (χ2n) is 3.44. The zero-order chi connectivity index (χ0) is 9.26. The second-order valence-corrected chi connectivity index (χ2v) is 3.44. The van der Waals surface area contributed by atoms with Gasteiger partial charge in [0.2, 0.25) is 0 Å². The van der Waals surface area contributed by atoms with Gasteiger partial charge in [0.1, 0.15) is 5.82 Å². The molecule has 0 saturated heterocycles. The monoisotopic (exact) mass is 181 g/mol. The first-order valence-electron chi connectivity index (χ1n) is 4.61. The van der Waals surface area contributed by atoms with Crippen molar-refractivity contribution in [3.63, 3.8) is 0 Å². The van der Waals surface area contributed by atoms with Crippen LogP contribution in [-0.2, 0) is 19.5 Å². The third-order valence-corrected chi connectivity index (χ3v) is 2.27. The predicted octanol–water partition coefficient (Wildman–Crippen LogP) is -0.775. The molecule has 0 atom stereocenters. The summed E-state index contributed by atoms with van der Waals surface area (Å²) in [5.74, 6) is 1.95. The first kappa shape index (κ1) is 8.65. The molecule has 0 bridgehead atoms. The van der Waals surface area contributed by atoms with Crippen molar-refractivity contribution in [2.24, 2.45) is 5.73 Å². The van der Waals surface area contributed by atoms with Crippen molar-refractivity contribution >= 4 is 0 Å².